The molecular weight excluding hydrogens is 427 g/mol. The SMILES string of the molecule is O=C(CCCC(=O)Oc1ccc(F)cc1Br)OCCCCCCCCCl. The lowest BCUT2D eigenvalue weighted by Crippen LogP contribution is -2.11. The third-order valence-corrected chi connectivity index (χ3v) is 4.56. The van der Waals surface area contributed by atoms with Gasteiger partial charge in [-0.25, -0.2) is 4.39 Å². The third-order valence-electron chi connectivity index (χ3n) is 3.67. The molecular formula is C19H25BrClFO4. The van der Waals surface area contributed by atoms with Gasteiger partial charge in [0.2, 0.25) is 0 Å². The van der Waals surface area contributed by atoms with E-state index in [4.69, 9.17) is 21.1 Å². The number of carbonyl (C=O) groups is 2. The number of esters is 2. The van der Waals surface area contributed by atoms with Gasteiger partial charge < -0.3 is 9.47 Å². The molecule has 26 heavy (non-hydrogen) atoms. The molecule has 0 fully saturated rings. The van der Waals surface area contributed by atoms with Gasteiger partial charge in [-0.15, -0.1) is 11.6 Å². The molecule has 0 saturated carbocycles. The molecule has 0 aliphatic rings. The molecule has 0 N–H and O–H groups in total. The van der Waals surface area contributed by atoms with Gasteiger partial charge in [0.25, 0.3) is 0 Å². The minimum atomic E-state index is -0.470. The van der Waals surface area contributed by atoms with Crippen molar-refractivity contribution >= 4 is 39.5 Å². The zero-order valence-electron chi connectivity index (χ0n) is 14.8. The van der Waals surface area contributed by atoms with Gasteiger partial charge in [-0.1, -0.05) is 25.7 Å². The summed E-state index contributed by atoms with van der Waals surface area (Å²) >= 11 is 8.74. The molecule has 0 aromatic heterocycles. The van der Waals surface area contributed by atoms with Gasteiger partial charge in [0, 0.05) is 18.7 Å². The lowest BCUT2D eigenvalue weighted by Gasteiger charge is -2.07. The fourth-order valence-corrected chi connectivity index (χ4v) is 2.89. The van der Waals surface area contributed by atoms with Gasteiger partial charge in [0.05, 0.1) is 11.1 Å². The van der Waals surface area contributed by atoms with Crippen molar-refractivity contribution in [3.8, 4) is 5.75 Å². The van der Waals surface area contributed by atoms with Gasteiger partial charge >= 0.3 is 11.9 Å². The molecule has 0 spiro atoms. The van der Waals surface area contributed by atoms with Crippen LogP contribution in [-0.4, -0.2) is 24.4 Å². The number of unbranched alkanes of at least 4 members (excludes halogenated alkanes) is 5. The number of hydrogen-bond acceptors (Lipinski definition) is 4. The highest BCUT2D eigenvalue weighted by molar-refractivity contribution is 9.10. The third kappa shape index (κ3) is 10.8. The molecule has 1 aromatic carbocycles. The normalized spacial score (nSPS) is 10.6. The van der Waals surface area contributed by atoms with Crippen LogP contribution in [-0.2, 0) is 14.3 Å². The van der Waals surface area contributed by atoms with Gasteiger partial charge in [0.15, 0.2) is 0 Å². The van der Waals surface area contributed by atoms with Crippen molar-refractivity contribution in [1.82, 2.24) is 0 Å². The fourth-order valence-electron chi connectivity index (χ4n) is 2.27. The van der Waals surface area contributed by atoms with Gasteiger partial charge in [-0.2, -0.15) is 0 Å². The van der Waals surface area contributed by atoms with E-state index in [1.54, 1.807) is 0 Å². The number of benzene rings is 1. The van der Waals surface area contributed by atoms with Crippen LogP contribution in [0.4, 0.5) is 4.39 Å². The van der Waals surface area contributed by atoms with Gasteiger partial charge in [-0.05, 0) is 53.4 Å². The van der Waals surface area contributed by atoms with Crippen LogP contribution in [0.2, 0.25) is 0 Å². The standard InChI is InChI=1S/C19H25BrClFO4/c20-16-14-15(22)10-11-17(16)26-19(24)9-7-8-18(23)25-13-6-4-2-1-3-5-12-21/h10-11,14H,1-9,12-13H2. The second kappa shape index (κ2) is 14.0. The Bertz CT molecular complexity index is 568. The number of ether oxygens (including phenoxy) is 2. The Morgan fingerprint density at radius 1 is 0.962 bits per heavy atom. The Morgan fingerprint density at radius 3 is 2.31 bits per heavy atom. The molecule has 0 heterocycles. The molecule has 146 valence electrons. The quantitative estimate of drug-likeness (QED) is 0.165. The first kappa shape index (κ1) is 22.9. The number of rotatable bonds is 13. The van der Waals surface area contributed by atoms with E-state index in [0.717, 1.165) is 38.5 Å². The summed E-state index contributed by atoms with van der Waals surface area (Å²) in [6.45, 7) is 0.418. The molecule has 0 atom stereocenters. The molecule has 0 unspecified atom stereocenters. The van der Waals surface area contributed by atoms with E-state index < -0.39 is 11.8 Å². The summed E-state index contributed by atoms with van der Waals surface area (Å²) in [6, 6.07) is 3.81. The maximum absolute atomic E-state index is 13.0. The van der Waals surface area contributed by atoms with E-state index in [9.17, 15) is 14.0 Å². The summed E-state index contributed by atoms with van der Waals surface area (Å²) in [4.78, 5) is 23.4. The first-order chi connectivity index (χ1) is 12.5. The second-order valence-corrected chi connectivity index (χ2v) is 7.17. The van der Waals surface area contributed by atoms with Crippen LogP contribution >= 0.6 is 27.5 Å². The van der Waals surface area contributed by atoms with Crippen molar-refractivity contribution in [2.75, 3.05) is 12.5 Å². The van der Waals surface area contributed by atoms with Crippen LogP contribution in [0.1, 0.15) is 57.8 Å². The first-order valence-corrected chi connectivity index (χ1v) is 10.2. The highest BCUT2D eigenvalue weighted by Gasteiger charge is 2.10. The Morgan fingerprint density at radius 2 is 1.62 bits per heavy atom. The van der Waals surface area contributed by atoms with E-state index in [0.29, 0.717) is 23.4 Å². The Hall–Kier alpha value is -1.14. The van der Waals surface area contributed by atoms with Crippen molar-refractivity contribution in [2.24, 2.45) is 0 Å². The summed E-state index contributed by atoms with van der Waals surface area (Å²) in [7, 11) is 0. The molecule has 0 bridgehead atoms. The Kier molecular flexibility index (Phi) is 12.3. The van der Waals surface area contributed by atoms with Crippen LogP contribution in [0.5, 0.6) is 5.75 Å². The molecule has 7 heteroatoms. The highest BCUT2D eigenvalue weighted by Crippen LogP contribution is 2.25. The summed E-state index contributed by atoms with van der Waals surface area (Å²) in [5.41, 5.74) is 0. The number of alkyl halides is 1. The van der Waals surface area contributed by atoms with Crippen molar-refractivity contribution in [1.29, 1.82) is 0 Å². The van der Waals surface area contributed by atoms with Crippen molar-refractivity contribution in [3.05, 3.63) is 28.5 Å². The summed E-state index contributed by atoms with van der Waals surface area (Å²) in [5.74, 6) is -0.226. The lowest BCUT2D eigenvalue weighted by molar-refractivity contribution is -0.144. The number of carbonyl (C=O) groups excluding carboxylic acids is 2. The second-order valence-electron chi connectivity index (χ2n) is 5.93. The first-order valence-electron chi connectivity index (χ1n) is 8.90. The summed E-state index contributed by atoms with van der Waals surface area (Å²) < 4.78 is 23.6. The molecule has 0 aliphatic heterocycles. The fraction of sp³-hybridized carbons (Fsp3) is 0.579. The largest absolute Gasteiger partial charge is 0.466 e. The minimum Gasteiger partial charge on any atom is -0.466 e. The molecule has 1 rings (SSSR count). The van der Waals surface area contributed by atoms with E-state index >= 15 is 0 Å². The zero-order chi connectivity index (χ0) is 19.2. The molecule has 0 aliphatic carbocycles. The lowest BCUT2D eigenvalue weighted by atomic mass is 10.1. The maximum atomic E-state index is 13.0. The maximum Gasteiger partial charge on any atom is 0.311 e. The zero-order valence-corrected chi connectivity index (χ0v) is 17.1. The van der Waals surface area contributed by atoms with Crippen LogP contribution in [0.25, 0.3) is 0 Å². The van der Waals surface area contributed by atoms with E-state index in [2.05, 4.69) is 15.9 Å². The minimum absolute atomic E-state index is 0.0967. The van der Waals surface area contributed by atoms with Crippen molar-refractivity contribution < 1.29 is 23.5 Å². The van der Waals surface area contributed by atoms with Crippen LogP contribution in [0, 0.1) is 5.82 Å². The predicted molar refractivity (Wildman–Crippen MR) is 103 cm³/mol. The van der Waals surface area contributed by atoms with Gasteiger partial charge in [0.1, 0.15) is 11.6 Å². The predicted octanol–water partition coefficient (Wildman–Crippen LogP) is 5.79. The Balaban J connectivity index is 2.05. The van der Waals surface area contributed by atoms with Crippen LogP contribution < -0.4 is 4.74 Å². The smallest absolute Gasteiger partial charge is 0.311 e. The average Bonchev–Trinajstić information content (AvgIpc) is 2.60. The highest BCUT2D eigenvalue weighted by atomic mass is 79.9. The molecule has 1 aromatic rings. The van der Waals surface area contributed by atoms with E-state index in [-0.39, 0.29) is 24.6 Å². The van der Waals surface area contributed by atoms with Crippen molar-refractivity contribution in [2.45, 2.75) is 57.8 Å². The van der Waals surface area contributed by atoms with E-state index in [1.807, 2.05) is 0 Å². The van der Waals surface area contributed by atoms with Crippen LogP contribution in [0.3, 0.4) is 0 Å². The molecule has 4 nitrogen and oxygen atoms in total. The monoisotopic (exact) mass is 450 g/mol. The number of halogens is 3. The molecule has 0 radical (unpaired) electrons. The topological polar surface area (TPSA) is 52.6 Å². The van der Waals surface area contributed by atoms with E-state index in [1.165, 1.54) is 18.2 Å². The summed E-state index contributed by atoms with van der Waals surface area (Å²) in [5, 5.41) is 0. The van der Waals surface area contributed by atoms with Crippen molar-refractivity contribution in [3.63, 3.8) is 0 Å². The van der Waals surface area contributed by atoms with Gasteiger partial charge in [-0.3, -0.25) is 9.59 Å². The molecule has 0 amide bonds. The van der Waals surface area contributed by atoms with Crippen LogP contribution in [0.15, 0.2) is 22.7 Å². The number of hydrogen-bond donors (Lipinski definition) is 0. The Labute approximate surface area is 167 Å². The summed E-state index contributed by atoms with van der Waals surface area (Å²) in [6.07, 6.45) is 7.00. The average molecular weight is 452 g/mol. The molecule has 0 saturated heterocycles.